The van der Waals surface area contributed by atoms with E-state index in [1.165, 1.54) is 12.1 Å². The summed E-state index contributed by atoms with van der Waals surface area (Å²) in [6.45, 7) is 2.69. The first-order chi connectivity index (χ1) is 12.1. The highest BCUT2D eigenvalue weighted by Crippen LogP contribution is 2.17. The van der Waals surface area contributed by atoms with Gasteiger partial charge in [0.2, 0.25) is 10.0 Å². The fourth-order valence-corrected chi connectivity index (χ4v) is 4.40. The van der Waals surface area contributed by atoms with Crippen LogP contribution in [0.5, 0.6) is 0 Å². The summed E-state index contributed by atoms with van der Waals surface area (Å²) >= 11 is 0. The molecule has 1 aromatic rings. The average Bonchev–Trinajstić information content (AvgIpc) is 3.17. The van der Waals surface area contributed by atoms with Gasteiger partial charge in [0.1, 0.15) is 0 Å². The van der Waals surface area contributed by atoms with Crippen LogP contribution in [0.2, 0.25) is 0 Å². The first-order valence-corrected chi connectivity index (χ1v) is 10.6. The second-order valence-corrected chi connectivity index (χ2v) is 8.47. The smallest absolute Gasteiger partial charge is 0.253 e. The molecular formula is C18H26N2O4S. The van der Waals surface area contributed by atoms with Gasteiger partial charge in [-0.3, -0.25) is 4.79 Å². The van der Waals surface area contributed by atoms with E-state index in [2.05, 4.69) is 4.72 Å². The average molecular weight is 366 g/mol. The maximum absolute atomic E-state index is 12.4. The van der Waals surface area contributed by atoms with Crippen LogP contribution in [0.25, 0.3) is 0 Å². The van der Waals surface area contributed by atoms with Crippen LogP contribution >= 0.6 is 0 Å². The van der Waals surface area contributed by atoms with Gasteiger partial charge in [0.15, 0.2) is 0 Å². The van der Waals surface area contributed by atoms with Gasteiger partial charge in [0.25, 0.3) is 5.91 Å². The highest BCUT2D eigenvalue weighted by Gasteiger charge is 2.21. The van der Waals surface area contributed by atoms with Crippen LogP contribution < -0.4 is 4.72 Å². The van der Waals surface area contributed by atoms with E-state index in [0.29, 0.717) is 18.5 Å². The third kappa shape index (κ3) is 4.80. The minimum atomic E-state index is -3.55. The first kappa shape index (κ1) is 18.4. The Kier molecular flexibility index (Phi) is 6.09. The first-order valence-electron chi connectivity index (χ1n) is 9.07. The lowest BCUT2D eigenvalue weighted by Gasteiger charge is -2.22. The van der Waals surface area contributed by atoms with Crippen molar-refractivity contribution in [1.82, 2.24) is 9.62 Å². The number of carbonyl (C=O) groups is 1. The van der Waals surface area contributed by atoms with Crippen molar-refractivity contribution in [3.8, 4) is 0 Å². The maximum atomic E-state index is 12.4. The van der Waals surface area contributed by atoms with Crippen molar-refractivity contribution in [2.75, 3.05) is 26.2 Å². The van der Waals surface area contributed by atoms with Gasteiger partial charge in [-0.05, 0) is 62.8 Å². The molecule has 1 amide bonds. The lowest BCUT2D eigenvalue weighted by molar-refractivity contribution is 0.0123. The van der Waals surface area contributed by atoms with Gasteiger partial charge in [-0.2, -0.15) is 0 Å². The van der Waals surface area contributed by atoms with Gasteiger partial charge in [-0.15, -0.1) is 0 Å². The Morgan fingerprint density at radius 3 is 2.48 bits per heavy atom. The van der Waals surface area contributed by atoms with Gasteiger partial charge < -0.3 is 9.64 Å². The van der Waals surface area contributed by atoms with Crippen molar-refractivity contribution in [1.29, 1.82) is 0 Å². The Balaban J connectivity index is 1.55. The Morgan fingerprint density at radius 1 is 1.12 bits per heavy atom. The van der Waals surface area contributed by atoms with E-state index in [4.69, 9.17) is 4.74 Å². The second kappa shape index (κ2) is 8.29. The molecule has 6 nitrogen and oxygen atoms in total. The van der Waals surface area contributed by atoms with Crippen LogP contribution in [0.4, 0.5) is 0 Å². The number of sulfonamides is 1. The summed E-state index contributed by atoms with van der Waals surface area (Å²) in [5.74, 6) is -0.0242. The molecule has 2 heterocycles. The van der Waals surface area contributed by atoms with Crippen molar-refractivity contribution in [2.45, 2.75) is 49.5 Å². The van der Waals surface area contributed by atoms with Crippen molar-refractivity contribution in [3.63, 3.8) is 0 Å². The molecule has 0 aromatic heterocycles. The number of hydrogen-bond donors (Lipinski definition) is 1. The molecule has 0 bridgehead atoms. The number of benzene rings is 1. The van der Waals surface area contributed by atoms with Gasteiger partial charge in [-0.25, -0.2) is 13.1 Å². The Morgan fingerprint density at radius 2 is 1.84 bits per heavy atom. The van der Waals surface area contributed by atoms with Crippen molar-refractivity contribution in [2.24, 2.45) is 0 Å². The van der Waals surface area contributed by atoms with Gasteiger partial charge in [0, 0.05) is 31.8 Å². The zero-order valence-electron chi connectivity index (χ0n) is 14.4. The quantitative estimate of drug-likeness (QED) is 0.837. The minimum Gasteiger partial charge on any atom is -0.378 e. The number of likely N-dealkylation sites (tertiary alicyclic amines) is 1. The molecule has 138 valence electrons. The highest BCUT2D eigenvalue weighted by molar-refractivity contribution is 7.89. The number of amides is 1. The van der Waals surface area contributed by atoms with E-state index >= 15 is 0 Å². The molecule has 2 saturated heterocycles. The lowest BCUT2D eigenvalue weighted by Crippen LogP contribution is -2.30. The van der Waals surface area contributed by atoms with Gasteiger partial charge in [-0.1, -0.05) is 0 Å². The molecule has 0 radical (unpaired) electrons. The Hall–Kier alpha value is -1.44. The standard InChI is InChI=1S/C18H26N2O4S/c21-18(20-12-2-3-13-20)15-6-8-17(9-7-15)25(22,23)19-11-10-16-5-1-4-14-24-16/h6-9,16,19H,1-5,10-14H2/t16-/m1/s1. The lowest BCUT2D eigenvalue weighted by atomic mass is 10.1. The number of nitrogens with zero attached hydrogens (tertiary/aromatic N) is 1. The largest absolute Gasteiger partial charge is 0.378 e. The van der Waals surface area contributed by atoms with Crippen LogP contribution in [-0.2, 0) is 14.8 Å². The monoisotopic (exact) mass is 366 g/mol. The molecule has 0 saturated carbocycles. The highest BCUT2D eigenvalue weighted by atomic mass is 32.2. The number of carbonyl (C=O) groups excluding carboxylic acids is 1. The van der Waals surface area contributed by atoms with Crippen LogP contribution in [0.15, 0.2) is 29.2 Å². The number of rotatable bonds is 6. The predicted molar refractivity (Wildman–Crippen MR) is 95.0 cm³/mol. The maximum Gasteiger partial charge on any atom is 0.253 e. The molecule has 7 heteroatoms. The Labute approximate surface area is 149 Å². The summed E-state index contributed by atoms with van der Waals surface area (Å²) in [6, 6.07) is 6.20. The van der Waals surface area contributed by atoms with Crippen LogP contribution in [0, 0.1) is 0 Å². The molecule has 2 fully saturated rings. The zero-order valence-corrected chi connectivity index (χ0v) is 15.3. The van der Waals surface area contributed by atoms with E-state index in [1.54, 1.807) is 12.1 Å². The fourth-order valence-electron chi connectivity index (χ4n) is 3.35. The van der Waals surface area contributed by atoms with Crippen LogP contribution in [0.1, 0.15) is 48.9 Å². The summed E-state index contributed by atoms with van der Waals surface area (Å²) in [7, 11) is -3.55. The molecular weight excluding hydrogens is 340 g/mol. The van der Waals surface area contributed by atoms with E-state index in [0.717, 1.165) is 51.8 Å². The van der Waals surface area contributed by atoms with Gasteiger partial charge >= 0.3 is 0 Å². The Bertz CT molecular complexity index is 676. The molecule has 3 rings (SSSR count). The normalized spacial score (nSPS) is 21.4. The molecule has 2 aliphatic rings. The third-order valence-electron chi connectivity index (χ3n) is 4.84. The molecule has 0 aliphatic carbocycles. The van der Waals surface area contributed by atoms with E-state index < -0.39 is 10.0 Å². The van der Waals surface area contributed by atoms with E-state index in [9.17, 15) is 13.2 Å². The topological polar surface area (TPSA) is 75.7 Å². The fraction of sp³-hybridized carbons (Fsp3) is 0.611. The zero-order chi connectivity index (χ0) is 17.7. The predicted octanol–water partition coefficient (Wildman–Crippen LogP) is 2.16. The molecule has 0 unspecified atom stereocenters. The summed E-state index contributed by atoms with van der Waals surface area (Å²) in [5.41, 5.74) is 0.538. The summed E-state index contributed by atoms with van der Waals surface area (Å²) in [4.78, 5) is 14.3. The van der Waals surface area contributed by atoms with Crippen molar-refractivity contribution < 1.29 is 17.9 Å². The van der Waals surface area contributed by atoms with Crippen molar-refractivity contribution >= 4 is 15.9 Å². The minimum absolute atomic E-state index is 0.0242. The number of nitrogens with one attached hydrogen (secondary N) is 1. The van der Waals surface area contributed by atoms with Gasteiger partial charge in [0.05, 0.1) is 11.0 Å². The number of ether oxygens (including phenoxy) is 1. The molecule has 1 atom stereocenters. The molecule has 1 aromatic carbocycles. The summed E-state index contributed by atoms with van der Waals surface area (Å²) in [6.07, 6.45) is 6.13. The van der Waals surface area contributed by atoms with E-state index in [1.807, 2.05) is 4.90 Å². The molecule has 2 aliphatic heterocycles. The summed E-state index contributed by atoms with van der Waals surface area (Å²) < 4.78 is 33.0. The molecule has 0 spiro atoms. The van der Waals surface area contributed by atoms with Crippen LogP contribution in [0.3, 0.4) is 0 Å². The van der Waals surface area contributed by atoms with Crippen molar-refractivity contribution in [3.05, 3.63) is 29.8 Å². The summed E-state index contributed by atoms with van der Waals surface area (Å²) in [5, 5.41) is 0. The molecule has 25 heavy (non-hydrogen) atoms. The molecule has 1 N–H and O–H groups in total. The van der Waals surface area contributed by atoms with Crippen LogP contribution in [-0.4, -0.2) is 51.6 Å². The number of hydrogen-bond acceptors (Lipinski definition) is 4. The third-order valence-corrected chi connectivity index (χ3v) is 6.31. The second-order valence-electron chi connectivity index (χ2n) is 6.70. The SMILES string of the molecule is O=C(c1ccc(S(=O)(=O)NCC[C@H]2CCCCO2)cc1)N1CCCC1. The van der Waals surface area contributed by atoms with E-state index in [-0.39, 0.29) is 16.9 Å².